The minimum absolute atomic E-state index is 0.0386. The van der Waals surface area contributed by atoms with Gasteiger partial charge >= 0.3 is 5.97 Å². The summed E-state index contributed by atoms with van der Waals surface area (Å²) in [4.78, 5) is 22.7. The Labute approximate surface area is 116 Å². The van der Waals surface area contributed by atoms with Crippen LogP contribution in [0.2, 0.25) is 5.02 Å². The standard InChI is InChI=1S/C12H7ClFNO3S/c13-6-2-1-3-7(10(6)14)15-11(16)8-4-5-9(19-8)12(17)18/h1-5H,(H,15,16)(H,17,18). The maximum absolute atomic E-state index is 13.6. The molecule has 4 nitrogen and oxygen atoms in total. The second kappa shape index (κ2) is 5.38. The monoisotopic (exact) mass is 299 g/mol. The van der Waals surface area contributed by atoms with E-state index < -0.39 is 17.7 Å². The fourth-order valence-corrected chi connectivity index (χ4v) is 2.27. The second-order valence-corrected chi connectivity index (χ2v) is 5.02. The first-order valence-corrected chi connectivity index (χ1v) is 6.27. The van der Waals surface area contributed by atoms with Gasteiger partial charge in [-0.3, -0.25) is 4.79 Å². The topological polar surface area (TPSA) is 66.4 Å². The van der Waals surface area contributed by atoms with Crippen molar-refractivity contribution < 1.29 is 19.1 Å². The van der Waals surface area contributed by atoms with Crippen molar-refractivity contribution in [2.75, 3.05) is 5.32 Å². The summed E-state index contributed by atoms with van der Waals surface area (Å²) in [6.07, 6.45) is 0. The zero-order valence-electron chi connectivity index (χ0n) is 9.31. The van der Waals surface area contributed by atoms with Crippen LogP contribution in [0.1, 0.15) is 19.3 Å². The normalized spacial score (nSPS) is 10.2. The lowest BCUT2D eigenvalue weighted by Gasteiger charge is -2.05. The van der Waals surface area contributed by atoms with Crippen LogP contribution in [0.5, 0.6) is 0 Å². The molecule has 0 saturated heterocycles. The van der Waals surface area contributed by atoms with Gasteiger partial charge < -0.3 is 10.4 Å². The molecule has 0 aliphatic carbocycles. The lowest BCUT2D eigenvalue weighted by Crippen LogP contribution is -2.11. The number of anilines is 1. The summed E-state index contributed by atoms with van der Waals surface area (Å²) in [5, 5.41) is 11.0. The third-order valence-corrected chi connectivity index (χ3v) is 3.60. The molecule has 0 aliphatic rings. The van der Waals surface area contributed by atoms with Gasteiger partial charge in [0.05, 0.1) is 15.6 Å². The van der Waals surface area contributed by atoms with Crippen LogP contribution in [0.15, 0.2) is 30.3 Å². The van der Waals surface area contributed by atoms with Crippen molar-refractivity contribution in [3.63, 3.8) is 0 Å². The highest BCUT2D eigenvalue weighted by atomic mass is 35.5. The first-order chi connectivity index (χ1) is 8.99. The number of nitrogens with one attached hydrogen (secondary N) is 1. The van der Waals surface area contributed by atoms with Gasteiger partial charge in [0.15, 0.2) is 5.82 Å². The highest BCUT2D eigenvalue weighted by Crippen LogP contribution is 2.24. The van der Waals surface area contributed by atoms with Gasteiger partial charge in [0, 0.05) is 0 Å². The number of rotatable bonds is 3. The average molecular weight is 300 g/mol. The number of thiophene rings is 1. The Morgan fingerprint density at radius 1 is 1.21 bits per heavy atom. The Morgan fingerprint density at radius 3 is 2.53 bits per heavy atom. The van der Waals surface area contributed by atoms with E-state index in [0.29, 0.717) is 0 Å². The number of amides is 1. The number of carboxylic acid groups (broad SMARTS) is 1. The molecule has 19 heavy (non-hydrogen) atoms. The van der Waals surface area contributed by atoms with Crippen LogP contribution in [0.25, 0.3) is 0 Å². The lowest BCUT2D eigenvalue weighted by molar-refractivity contribution is 0.0702. The second-order valence-electron chi connectivity index (χ2n) is 3.52. The van der Waals surface area contributed by atoms with Gasteiger partial charge in [0.2, 0.25) is 0 Å². The van der Waals surface area contributed by atoms with Gasteiger partial charge in [-0.1, -0.05) is 17.7 Å². The minimum atomic E-state index is -1.11. The Bertz CT molecular complexity index is 656. The fraction of sp³-hybridized carbons (Fsp3) is 0. The van der Waals surface area contributed by atoms with Crippen molar-refractivity contribution in [3.8, 4) is 0 Å². The first-order valence-electron chi connectivity index (χ1n) is 5.07. The number of carbonyl (C=O) groups excluding carboxylic acids is 1. The Morgan fingerprint density at radius 2 is 1.89 bits per heavy atom. The van der Waals surface area contributed by atoms with Gasteiger partial charge in [-0.15, -0.1) is 11.3 Å². The fourth-order valence-electron chi connectivity index (χ4n) is 1.36. The quantitative estimate of drug-likeness (QED) is 0.911. The van der Waals surface area contributed by atoms with Gasteiger partial charge in [-0.25, -0.2) is 9.18 Å². The van der Waals surface area contributed by atoms with E-state index in [1.165, 1.54) is 30.3 Å². The van der Waals surface area contributed by atoms with Crippen LogP contribution < -0.4 is 5.32 Å². The molecule has 1 amide bonds. The van der Waals surface area contributed by atoms with Gasteiger partial charge in [0.25, 0.3) is 5.91 Å². The third-order valence-electron chi connectivity index (χ3n) is 2.24. The molecule has 0 radical (unpaired) electrons. The molecule has 0 aliphatic heterocycles. The molecule has 7 heteroatoms. The smallest absolute Gasteiger partial charge is 0.345 e. The maximum Gasteiger partial charge on any atom is 0.345 e. The number of benzene rings is 1. The number of hydrogen-bond donors (Lipinski definition) is 2. The van der Waals surface area contributed by atoms with Gasteiger partial charge in [-0.05, 0) is 24.3 Å². The predicted octanol–water partition coefficient (Wildman–Crippen LogP) is 3.49. The summed E-state index contributed by atoms with van der Waals surface area (Å²) in [6.45, 7) is 0. The molecule has 0 saturated carbocycles. The molecule has 0 spiro atoms. The average Bonchev–Trinajstić information content (AvgIpc) is 2.84. The molecule has 0 fully saturated rings. The number of carbonyl (C=O) groups is 2. The number of halogens is 2. The summed E-state index contributed by atoms with van der Waals surface area (Å²) < 4.78 is 13.6. The van der Waals surface area contributed by atoms with Crippen LogP contribution in [0.4, 0.5) is 10.1 Å². The van der Waals surface area contributed by atoms with E-state index >= 15 is 0 Å². The predicted molar refractivity (Wildman–Crippen MR) is 70.6 cm³/mol. The molecule has 1 aromatic carbocycles. The van der Waals surface area contributed by atoms with Crippen LogP contribution in [0.3, 0.4) is 0 Å². The molecular weight excluding hydrogens is 293 g/mol. The molecule has 2 N–H and O–H groups in total. The van der Waals surface area contributed by atoms with Crippen molar-refractivity contribution in [1.29, 1.82) is 0 Å². The lowest BCUT2D eigenvalue weighted by atomic mass is 10.3. The van der Waals surface area contributed by atoms with Gasteiger partial charge in [0.1, 0.15) is 4.88 Å². The van der Waals surface area contributed by atoms with Gasteiger partial charge in [-0.2, -0.15) is 0 Å². The first kappa shape index (κ1) is 13.5. The number of hydrogen-bond acceptors (Lipinski definition) is 3. The summed E-state index contributed by atoms with van der Waals surface area (Å²) in [5.41, 5.74) is -0.0530. The van der Waals surface area contributed by atoms with E-state index in [-0.39, 0.29) is 20.5 Å². The largest absolute Gasteiger partial charge is 0.477 e. The van der Waals surface area contributed by atoms with E-state index in [1.54, 1.807) is 0 Å². The molecule has 1 heterocycles. The highest BCUT2D eigenvalue weighted by molar-refractivity contribution is 7.15. The van der Waals surface area contributed by atoms with Crippen molar-refractivity contribution in [2.24, 2.45) is 0 Å². The highest BCUT2D eigenvalue weighted by Gasteiger charge is 2.15. The van der Waals surface area contributed by atoms with E-state index in [9.17, 15) is 14.0 Å². The van der Waals surface area contributed by atoms with Crippen molar-refractivity contribution in [2.45, 2.75) is 0 Å². The molecule has 0 unspecified atom stereocenters. The number of carboxylic acids is 1. The van der Waals surface area contributed by atoms with Crippen LogP contribution in [-0.4, -0.2) is 17.0 Å². The molecule has 0 atom stereocenters. The third kappa shape index (κ3) is 2.91. The van der Waals surface area contributed by atoms with E-state index in [1.807, 2.05) is 0 Å². The molecule has 1 aromatic heterocycles. The molecule has 98 valence electrons. The molecular formula is C12H7ClFNO3S. The Kier molecular flexibility index (Phi) is 3.82. The minimum Gasteiger partial charge on any atom is -0.477 e. The maximum atomic E-state index is 13.6. The van der Waals surface area contributed by atoms with E-state index in [0.717, 1.165) is 11.3 Å². The summed E-state index contributed by atoms with van der Waals surface area (Å²) in [7, 11) is 0. The Balaban J connectivity index is 2.21. The van der Waals surface area contributed by atoms with Crippen LogP contribution in [-0.2, 0) is 0 Å². The Hall–Kier alpha value is -1.92. The molecule has 0 bridgehead atoms. The van der Waals surface area contributed by atoms with E-state index in [4.69, 9.17) is 16.7 Å². The van der Waals surface area contributed by atoms with Crippen molar-refractivity contribution in [3.05, 3.63) is 50.9 Å². The molecule has 2 aromatic rings. The van der Waals surface area contributed by atoms with Crippen LogP contribution in [0, 0.1) is 5.82 Å². The summed E-state index contributed by atoms with van der Waals surface area (Å²) in [5.74, 6) is -2.43. The van der Waals surface area contributed by atoms with E-state index in [2.05, 4.69) is 5.32 Å². The number of aromatic carboxylic acids is 1. The van der Waals surface area contributed by atoms with Crippen molar-refractivity contribution in [1.82, 2.24) is 0 Å². The van der Waals surface area contributed by atoms with Crippen LogP contribution >= 0.6 is 22.9 Å². The summed E-state index contributed by atoms with van der Waals surface area (Å²) >= 11 is 6.40. The van der Waals surface area contributed by atoms with Crippen molar-refractivity contribution >= 4 is 40.5 Å². The zero-order chi connectivity index (χ0) is 14.0. The summed E-state index contributed by atoms with van der Waals surface area (Å²) in [6, 6.07) is 6.91. The molecule has 2 rings (SSSR count). The zero-order valence-corrected chi connectivity index (χ0v) is 10.9. The SMILES string of the molecule is O=C(O)c1ccc(C(=O)Nc2cccc(Cl)c2F)s1.